The molecule has 0 bridgehead atoms. The first-order chi connectivity index (χ1) is 15.2. The van der Waals surface area contributed by atoms with Crippen LogP contribution in [0.1, 0.15) is 39.0 Å². The van der Waals surface area contributed by atoms with Crippen molar-refractivity contribution in [3.63, 3.8) is 0 Å². The van der Waals surface area contributed by atoms with Crippen LogP contribution in [0.5, 0.6) is 6.01 Å². The van der Waals surface area contributed by atoms with Crippen molar-refractivity contribution in [2.24, 2.45) is 0 Å². The molecule has 1 unspecified atom stereocenters. The van der Waals surface area contributed by atoms with Gasteiger partial charge in [0.1, 0.15) is 24.1 Å². The van der Waals surface area contributed by atoms with E-state index in [1.165, 1.54) is 0 Å². The summed E-state index contributed by atoms with van der Waals surface area (Å²) in [5.74, 6) is -0.107. The Morgan fingerprint density at radius 1 is 1.31 bits per heavy atom. The molecule has 0 radical (unpaired) electrons. The predicted octanol–water partition coefficient (Wildman–Crippen LogP) is 4.49. The van der Waals surface area contributed by atoms with Crippen LogP contribution in [0.4, 0.5) is 14.6 Å². The van der Waals surface area contributed by atoms with E-state index in [0.29, 0.717) is 43.7 Å². The molecule has 0 saturated carbocycles. The monoisotopic (exact) mass is 530 g/mol. The summed E-state index contributed by atoms with van der Waals surface area (Å²) in [6.07, 6.45) is 2.88. The zero-order valence-corrected chi connectivity index (χ0v) is 20.2. The van der Waals surface area contributed by atoms with Gasteiger partial charge in [-0.15, -0.1) is 0 Å². The molecule has 4 heterocycles. The molecule has 3 aliphatic rings. The van der Waals surface area contributed by atoms with Crippen molar-refractivity contribution in [2.75, 3.05) is 37.7 Å². The summed E-state index contributed by atoms with van der Waals surface area (Å²) >= 11 is 9.43. The van der Waals surface area contributed by atoms with Crippen LogP contribution in [0.25, 0.3) is 10.9 Å². The van der Waals surface area contributed by atoms with Crippen LogP contribution < -0.4 is 9.64 Å². The van der Waals surface area contributed by atoms with Gasteiger partial charge in [-0.05, 0) is 61.1 Å². The summed E-state index contributed by atoms with van der Waals surface area (Å²) in [6, 6.07) is 1.68. The molecule has 5 rings (SSSR count). The van der Waals surface area contributed by atoms with E-state index in [1.807, 2.05) is 4.90 Å². The van der Waals surface area contributed by atoms with Crippen LogP contribution in [-0.4, -0.2) is 70.1 Å². The third kappa shape index (κ3) is 3.95. The van der Waals surface area contributed by atoms with E-state index in [4.69, 9.17) is 16.3 Å². The summed E-state index contributed by atoms with van der Waals surface area (Å²) in [6.45, 7) is 4.35. The number of anilines is 1. The largest absolute Gasteiger partial charge is 0.461 e. The standard InChI is InChI=1S/C22H26BrClF2N4O2/c1-21(31)4-2-6-29(11-21)19-14-8-15(24)16(23)17(26)18(14)27-20(28-19)32-12-22-5-3-7-30(22)10-13(25)9-22/h8,13,31H,2-7,9-12H2,1H3/t13-,21?,22+/m1/s1. The third-order valence-corrected chi connectivity index (χ3v) is 8.29. The molecule has 0 amide bonds. The summed E-state index contributed by atoms with van der Waals surface area (Å²) in [5, 5.41) is 11.3. The van der Waals surface area contributed by atoms with E-state index < -0.39 is 17.6 Å². The van der Waals surface area contributed by atoms with Gasteiger partial charge in [-0.1, -0.05) is 11.6 Å². The lowest BCUT2D eigenvalue weighted by molar-refractivity contribution is 0.0447. The van der Waals surface area contributed by atoms with E-state index >= 15 is 4.39 Å². The highest BCUT2D eigenvalue weighted by molar-refractivity contribution is 9.10. The van der Waals surface area contributed by atoms with Crippen LogP contribution >= 0.6 is 27.5 Å². The molecule has 3 fully saturated rings. The first-order valence-electron chi connectivity index (χ1n) is 11.0. The van der Waals surface area contributed by atoms with Gasteiger partial charge in [-0.2, -0.15) is 9.97 Å². The molecule has 1 aromatic heterocycles. The number of nitrogens with zero attached hydrogens (tertiary/aromatic N) is 4. The van der Waals surface area contributed by atoms with Crippen molar-refractivity contribution >= 4 is 44.3 Å². The van der Waals surface area contributed by atoms with Crippen molar-refractivity contribution in [3.8, 4) is 6.01 Å². The lowest BCUT2D eigenvalue weighted by Crippen LogP contribution is -2.46. The maximum atomic E-state index is 15.1. The number of aliphatic hydroxyl groups is 1. The maximum Gasteiger partial charge on any atom is 0.319 e. The zero-order chi connectivity index (χ0) is 22.7. The number of hydrogen-bond donors (Lipinski definition) is 1. The molecular formula is C22H26BrClF2N4O2. The van der Waals surface area contributed by atoms with Crippen LogP contribution in [0.2, 0.25) is 5.02 Å². The van der Waals surface area contributed by atoms with Gasteiger partial charge in [0, 0.05) is 31.4 Å². The van der Waals surface area contributed by atoms with Crippen LogP contribution in [0.3, 0.4) is 0 Å². The lowest BCUT2D eigenvalue weighted by atomic mass is 9.95. The average Bonchev–Trinajstić information content (AvgIpc) is 3.25. The normalized spacial score (nSPS) is 30.8. The molecule has 2 aromatic rings. The molecule has 10 heteroatoms. The second kappa shape index (κ2) is 8.18. The van der Waals surface area contributed by atoms with Crippen LogP contribution in [0, 0.1) is 5.82 Å². The molecule has 174 valence electrons. The Kier molecular flexibility index (Phi) is 5.75. The Labute approximate surface area is 199 Å². The summed E-state index contributed by atoms with van der Waals surface area (Å²) in [4.78, 5) is 13.1. The minimum atomic E-state index is -0.877. The van der Waals surface area contributed by atoms with Crippen LogP contribution in [0.15, 0.2) is 10.5 Å². The minimum Gasteiger partial charge on any atom is -0.461 e. The zero-order valence-electron chi connectivity index (χ0n) is 17.9. The van der Waals surface area contributed by atoms with Gasteiger partial charge < -0.3 is 14.7 Å². The second-order valence-corrected chi connectivity index (χ2v) is 10.8. The number of ether oxygens (including phenoxy) is 1. The van der Waals surface area contributed by atoms with Gasteiger partial charge in [0.05, 0.1) is 20.6 Å². The highest BCUT2D eigenvalue weighted by atomic mass is 79.9. The quantitative estimate of drug-likeness (QED) is 0.587. The number of β-amino-alcohol motifs (C(OH)–C–C–N with tert-alkyl or cyclic N) is 1. The highest BCUT2D eigenvalue weighted by Crippen LogP contribution is 2.41. The SMILES string of the molecule is CC1(O)CCCN(c2nc(OC[C@@]34CCCN3C[C@H](F)C4)nc3c(F)c(Br)c(Cl)cc23)C1. The number of benzene rings is 1. The first kappa shape index (κ1) is 22.5. The first-order valence-corrected chi connectivity index (χ1v) is 12.2. The molecule has 0 spiro atoms. The fourth-order valence-corrected chi connectivity index (χ4v) is 5.99. The number of aromatic nitrogens is 2. The average molecular weight is 532 g/mol. The number of hydrogen-bond acceptors (Lipinski definition) is 6. The molecule has 6 nitrogen and oxygen atoms in total. The van der Waals surface area contributed by atoms with Gasteiger partial charge in [0.2, 0.25) is 0 Å². The van der Waals surface area contributed by atoms with E-state index in [-0.39, 0.29) is 33.2 Å². The number of fused-ring (bicyclic) bond motifs is 2. The molecule has 3 aliphatic heterocycles. The summed E-state index contributed by atoms with van der Waals surface area (Å²) in [7, 11) is 0. The molecular weight excluding hydrogens is 506 g/mol. The van der Waals surface area contributed by atoms with Crippen LogP contribution in [-0.2, 0) is 0 Å². The topological polar surface area (TPSA) is 61.7 Å². The summed E-state index contributed by atoms with van der Waals surface area (Å²) < 4.78 is 35.4. The van der Waals surface area contributed by atoms with Crippen molar-refractivity contribution < 1.29 is 18.6 Å². The van der Waals surface area contributed by atoms with Crippen molar-refractivity contribution in [1.29, 1.82) is 0 Å². The lowest BCUT2D eigenvalue weighted by Gasteiger charge is -2.38. The number of halogens is 4. The van der Waals surface area contributed by atoms with Gasteiger partial charge in [-0.25, -0.2) is 8.78 Å². The molecule has 1 N–H and O–H groups in total. The molecule has 0 aliphatic carbocycles. The molecule has 1 aromatic carbocycles. The number of piperidine rings is 1. The van der Waals surface area contributed by atoms with Gasteiger partial charge >= 0.3 is 6.01 Å². The van der Waals surface area contributed by atoms with E-state index in [0.717, 1.165) is 25.8 Å². The van der Waals surface area contributed by atoms with Crippen molar-refractivity contribution in [2.45, 2.75) is 56.3 Å². The maximum absolute atomic E-state index is 15.1. The Morgan fingerprint density at radius 3 is 2.88 bits per heavy atom. The van der Waals surface area contributed by atoms with E-state index in [1.54, 1.807) is 13.0 Å². The Balaban J connectivity index is 1.53. The summed E-state index contributed by atoms with van der Waals surface area (Å²) in [5.41, 5.74) is -1.13. The van der Waals surface area contributed by atoms with E-state index in [9.17, 15) is 9.50 Å². The predicted molar refractivity (Wildman–Crippen MR) is 123 cm³/mol. The number of rotatable bonds is 4. The fourth-order valence-electron chi connectivity index (χ4n) is 5.49. The fraction of sp³-hybridized carbons (Fsp3) is 0.636. The van der Waals surface area contributed by atoms with Gasteiger partial charge in [0.15, 0.2) is 5.82 Å². The minimum absolute atomic E-state index is 0.0503. The van der Waals surface area contributed by atoms with Crippen molar-refractivity contribution in [1.82, 2.24) is 14.9 Å². The Hall–Kier alpha value is -1.29. The van der Waals surface area contributed by atoms with Gasteiger partial charge in [0.25, 0.3) is 0 Å². The molecule has 3 saturated heterocycles. The Morgan fingerprint density at radius 2 is 2.09 bits per heavy atom. The van der Waals surface area contributed by atoms with E-state index in [2.05, 4.69) is 30.8 Å². The number of alkyl halides is 1. The van der Waals surface area contributed by atoms with Gasteiger partial charge in [-0.3, -0.25) is 4.90 Å². The molecule has 32 heavy (non-hydrogen) atoms. The smallest absolute Gasteiger partial charge is 0.319 e. The third-order valence-electron chi connectivity index (χ3n) is 6.99. The molecule has 3 atom stereocenters. The van der Waals surface area contributed by atoms with Crippen molar-refractivity contribution in [3.05, 3.63) is 21.4 Å². The second-order valence-electron chi connectivity index (χ2n) is 9.60. The highest BCUT2D eigenvalue weighted by Gasteiger charge is 2.49. The Bertz CT molecular complexity index is 1060.